The molecule has 2 aliphatic heterocycles. The summed E-state index contributed by atoms with van der Waals surface area (Å²) < 4.78 is 54.1. The highest BCUT2D eigenvalue weighted by Crippen LogP contribution is 2.58. The number of fused-ring (bicyclic) bond motifs is 3. The quantitative estimate of drug-likeness (QED) is 0.163. The molecule has 0 N–H and O–H groups in total. The van der Waals surface area contributed by atoms with Gasteiger partial charge in [0.2, 0.25) is 5.75 Å². The summed E-state index contributed by atoms with van der Waals surface area (Å²) in [6.45, 7) is 1.72. The van der Waals surface area contributed by atoms with E-state index in [1.807, 2.05) is 12.1 Å². The highest BCUT2D eigenvalue weighted by atomic mass is 16.5. The molecule has 7 rings (SSSR count). The van der Waals surface area contributed by atoms with Crippen molar-refractivity contribution < 1.29 is 42.6 Å². The molecule has 0 amide bonds. The number of nitrogens with zero attached hydrogens (tertiary/aromatic N) is 2. The Morgan fingerprint density at radius 1 is 0.500 bits per heavy atom. The molecular formula is C41H48N2O9. The van der Waals surface area contributed by atoms with Crippen molar-refractivity contribution in [3.05, 3.63) is 69.8 Å². The Hall–Kier alpha value is -5.00. The lowest BCUT2D eigenvalue weighted by Gasteiger charge is -2.41. The lowest BCUT2D eigenvalue weighted by Crippen LogP contribution is -2.36. The van der Waals surface area contributed by atoms with Crippen LogP contribution in [0.25, 0.3) is 11.1 Å². The Kier molecular flexibility index (Phi) is 9.67. The van der Waals surface area contributed by atoms with Crippen molar-refractivity contribution >= 4 is 0 Å². The Labute approximate surface area is 305 Å². The molecule has 11 heteroatoms. The van der Waals surface area contributed by atoms with Crippen LogP contribution in [0.4, 0.5) is 0 Å². The molecule has 0 bridgehead atoms. The molecule has 52 heavy (non-hydrogen) atoms. The largest absolute Gasteiger partial charge is 0.493 e. The zero-order chi connectivity index (χ0) is 36.8. The third kappa shape index (κ3) is 5.58. The molecule has 2 atom stereocenters. The molecule has 3 aliphatic rings. The van der Waals surface area contributed by atoms with Crippen LogP contribution >= 0.6 is 0 Å². The van der Waals surface area contributed by atoms with E-state index in [0.717, 1.165) is 71.5 Å². The molecule has 276 valence electrons. The van der Waals surface area contributed by atoms with E-state index in [-0.39, 0.29) is 12.1 Å². The van der Waals surface area contributed by atoms with E-state index in [1.54, 1.807) is 56.9 Å². The van der Waals surface area contributed by atoms with Crippen molar-refractivity contribution in [1.82, 2.24) is 9.80 Å². The molecule has 0 saturated heterocycles. The van der Waals surface area contributed by atoms with Crippen LogP contribution < -0.4 is 42.6 Å². The van der Waals surface area contributed by atoms with Crippen molar-refractivity contribution in [3.8, 4) is 68.6 Å². The molecule has 0 fully saturated rings. The molecule has 0 radical (unpaired) electrons. The van der Waals surface area contributed by atoms with Gasteiger partial charge in [-0.3, -0.25) is 9.80 Å². The first-order valence-corrected chi connectivity index (χ1v) is 17.4. The van der Waals surface area contributed by atoms with Gasteiger partial charge >= 0.3 is 0 Å². The monoisotopic (exact) mass is 712 g/mol. The lowest BCUT2D eigenvalue weighted by molar-refractivity contribution is 0.222. The summed E-state index contributed by atoms with van der Waals surface area (Å²) in [4.78, 5) is 4.71. The van der Waals surface area contributed by atoms with Gasteiger partial charge < -0.3 is 42.6 Å². The molecule has 0 spiro atoms. The highest BCUT2D eigenvalue weighted by molar-refractivity contribution is 5.87. The Morgan fingerprint density at radius 2 is 1.06 bits per heavy atom. The minimum Gasteiger partial charge on any atom is -0.493 e. The van der Waals surface area contributed by atoms with Gasteiger partial charge in [-0.05, 0) is 91.5 Å². The predicted molar refractivity (Wildman–Crippen MR) is 198 cm³/mol. The van der Waals surface area contributed by atoms with E-state index < -0.39 is 0 Å². The number of hydrogen-bond acceptors (Lipinski definition) is 11. The fourth-order valence-electron chi connectivity index (χ4n) is 8.37. The van der Waals surface area contributed by atoms with Gasteiger partial charge in [-0.2, -0.15) is 0 Å². The standard InChI is InChI=1S/C41H48N2O9/c1-42-14-12-24-36-28(42)15-23-17-35(33(47-6)18-25(23)37(36)40(50-9)41(51-10)39(24)49-8)52-29-21-34(48-7)32(46-5)20-27(29)38-26-19-31(45-4)30(44-3)16-22(26)11-13-43(38)2/h16-21,28,38H,11-15H2,1-10H3. The van der Waals surface area contributed by atoms with Crippen molar-refractivity contribution in [2.75, 3.05) is 84.1 Å². The van der Waals surface area contributed by atoms with Gasteiger partial charge in [0.1, 0.15) is 5.75 Å². The highest BCUT2D eigenvalue weighted by Gasteiger charge is 2.40. The van der Waals surface area contributed by atoms with Gasteiger partial charge in [-0.15, -0.1) is 0 Å². The smallest absolute Gasteiger partial charge is 0.204 e. The lowest BCUT2D eigenvalue weighted by atomic mass is 9.76. The molecule has 4 aromatic rings. The summed E-state index contributed by atoms with van der Waals surface area (Å²) in [5, 5.41) is 0. The minimum atomic E-state index is -0.185. The van der Waals surface area contributed by atoms with Crippen molar-refractivity contribution in [1.29, 1.82) is 0 Å². The summed E-state index contributed by atoms with van der Waals surface area (Å²) in [6.07, 6.45) is 2.47. The molecule has 11 nitrogen and oxygen atoms in total. The third-order valence-electron chi connectivity index (χ3n) is 10.9. The first-order valence-electron chi connectivity index (χ1n) is 17.4. The Balaban J connectivity index is 1.41. The maximum Gasteiger partial charge on any atom is 0.204 e. The molecule has 2 heterocycles. The van der Waals surface area contributed by atoms with Gasteiger partial charge in [0.05, 0.1) is 62.9 Å². The number of ether oxygens (including phenoxy) is 9. The minimum absolute atomic E-state index is 0.109. The zero-order valence-electron chi connectivity index (χ0n) is 31.7. The van der Waals surface area contributed by atoms with Crippen LogP contribution in [0.1, 0.15) is 45.5 Å². The number of hydrogen-bond donors (Lipinski definition) is 0. The molecule has 4 aromatic carbocycles. The SMILES string of the molecule is COc1cc2c(cc1OC)C(c1cc(OC)c(OC)cc1Oc1cc3c(cc1OC)-c1c(OC)c(OC)c(OC)c4c1C(C3)N(C)CC4)N(C)CC2. The summed E-state index contributed by atoms with van der Waals surface area (Å²) in [7, 11) is 17.6. The van der Waals surface area contributed by atoms with E-state index in [4.69, 9.17) is 42.6 Å². The summed E-state index contributed by atoms with van der Waals surface area (Å²) in [5.74, 6) is 6.29. The first-order chi connectivity index (χ1) is 25.2. The number of likely N-dealkylation sites (N-methyl/N-ethyl adjacent to an activating group) is 2. The second-order valence-corrected chi connectivity index (χ2v) is 13.4. The number of methoxy groups -OCH3 is 8. The summed E-state index contributed by atoms with van der Waals surface area (Å²) >= 11 is 0. The van der Waals surface area contributed by atoms with Crippen LogP contribution in [0.5, 0.6) is 57.5 Å². The fourth-order valence-corrected chi connectivity index (χ4v) is 8.37. The van der Waals surface area contributed by atoms with Crippen LogP contribution in [-0.4, -0.2) is 93.9 Å². The normalized spacial score (nSPS) is 17.7. The van der Waals surface area contributed by atoms with Gasteiger partial charge in [-0.1, -0.05) is 0 Å². The van der Waals surface area contributed by atoms with Crippen LogP contribution in [0.3, 0.4) is 0 Å². The maximum absolute atomic E-state index is 6.98. The van der Waals surface area contributed by atoms with E-state index in [0.29, 0.717) is 51.7 Å². The van der Waals surface area contributed by atoms with Crippen molar-refractivity contribution in [3.63, 3.8) is 0 Å². The van der Waals surface area contributed by atoms with Crippen LogP contribution in [0.2, 0.25) is 0 Å². The predicted octanol–water partition coefficient (Wildman–Crippen LogP) is 6.88. The Bertz CT molecular complexity index is 2010. The fraction of sp³-hybridized carbons (Fsp3) is 0.415. The van der Waals surface area contributed by atoms with E-state index in [1.165, 1.54) is 11.1 Å². The molecule has 2 unspecified atom stereocenters. The van der Waals surface area contributed by atoms with Gasteiger partial charge in [0.25, 0.3) is 0 Å². The molecule has 0 aromatic heterocycles. The van der Waals surface area contributed by atoms with Crippen LogP contribution in [0.15, 0.2) is 36.4 Å². The topological polar surface area (TPSA) is 89.6 Å². The second-order valence-electron chi connectivity index (χ2n) is 13.4. The van der Waals surface area contributed by atoms with Crippen LogP contribution in [0, 0.1) is 0 Å². The summed E-state index contributed by atoms with van der Waals surface area (Å²) in [6, 6.07) is 12.1. The van der Waals surface area contributed by atoms with Crippen molar-refractivity contribution in [2.45, 2.75) is 31.3 Å². The van der Waals surface area contributed by atoms with Gasteiger partial charge in [-0.25, -0.2) is 0 Å². The third-order valence-corrected chi connectivity index (χ3v) is 10.9. The molecule has 0 saturated carbocycles. The van der Waals surface area contributed by atoms with Crippen molar-refractivity contribution in [2.24, 2.45) is 0 Å². The number of benzene rings is 4. The van der Waals surface area contributed by atoms with Crippen LogP contribution in [-0.2, 0) is 19.3 Å². The van der Waals surface area contributed by atoms with Gasteiger partial charge in [0.15, 0.2) is 46.0 Å². The average molecular weight is 713 g/mol. The van der Waals surface area contributed by atoms with E-state index in [2.05, 4.69) is 48.2 Å². The molecule has 1 aliphatic carbocycles. The summed E-state index contributed by atoms with van der Waals surface area (Å²) in [5.41, 5.74) is 8.68. The maximum atomic E-state index is 6.98. The average Bonchev–Trinajstić information content (AvgIpc) is 3.17. The van der Waals surface area contributed by atoms with E-state index in [9.17, 15) is 0 Å². The zero-order valence-corrected chi connectivity index (χ0v) is 31.7. The Morgan fingerprint density at radius 3 is 1.69 bits per heavy atom. The second kappa shape index (κ2) is 14.2. The molecular weight excluding hydrogens is 664 g/mol. The first kappa shape index (κ1) is 35.4. The number of rotatable bonds is 11. The van der Waals surface area contributed by atoms with Gasteiger partial charge in [0, 0.05) is 41.9 Å². The van der Waals surface area contributed by atoms with E-state index >= 15 is 0 Å².